The molecule has 5 rings (SSSR count). The number of carbonyl (C=O) groups excluding carboxylic acids is 1. The summed E-state index contributed by atoms with van der Waals surface area (Å²) in [5, 5.41) is 18.3. The van der Waals surface area contributed by atoms with Crippen molar-refractivity contribution in [2.45, 2.75) is 32.1 Å². The zero-order valence-electron chi connectivity index (χ0n) is 17.0. The third-order valence-corrected chi connectivity index (χ3v) is 6.67. The molecule has 3 fully saturated rings. The molecular weight excluding hydrogens is 374 g/mol. The quantitative estimate of drug-likeness (QED) is 0.790. The van der Waals surface area contributed by atoms with Crippen LogP contribution in [0.15, 0.2) is 16.7 Å². The predicted molar refractivity (Wildman–Crippen MR) is 102 cm³/mol. The zero-order chi connectivity index (χ0) is 20.3. The SMILES string of the molecule is Cc1cc(C(=O)N2C[C@H]3O[C@@]4(CN(Cc5cn(C)nn5)C[C@@H]4[C@@H]3CO)C2)c(C)o1. The molecule has 5 heterocycles. The highest BCUT2D eigenvalue weighted by Crippen LogP contribution is 2.49. The minimum absolute atomic E-state index is 0.0169. The largest absolute Gasteiger partial charge is 0.466 e. The number of aryl methyl sites for hydroxylation is 3. The molecule has 1 amide bonds. The van der Waals surface area contributed by atoms with E-state index in [4.69, 9.17) is 9.15 Å². The van der Waals surface area contributed by atoms with Gasteiger partial charge in [-0.1, -0.05) is 5.21 Å². The molecule has 2 aromatic heterocycles. The number of aliphatic hydroxyl groups excluding tert-OH is 1. The van der Waals surface area contributed by atoms with Crippen LogP contribution in [0.3, 0.4) is 0 Å². The third kappa shape index (κ3) is 2.99. The van der Waals surface area contributed by atoms with Crippen LogP contribution < -0.4 is 0 Å². The summed E-state index contributed by atoms with van der Waals surface area (Å²) in [6.07, 6.45) is 1.79. The van der Waals surface area contributed by atoms with Gasteiger partial charge in [-0.3, -0.25) is 14.4 Å². The first kappa shape index (κ1) is 18.8. The lowest BCUT2D eigenvalue weighted by molar-refractivity contribution is -0.108. The lowest BCUT2D eigenvalue weighted by atomic mass is 9.83. The first-order valence-corrected chi connectivity index (χ1v) is 10.1. The van der Waals surface area contributed by atoms with Crippen molar-refractivity contribution in [1.29, 1.82) is 0 Å². The second-order valence-corrected chi connectivity index (χ2v) is 8.74. The van der Waals surface area contributed by atoms with Crippen LogP contribution in [0, 0.1) is 25.7 Å². The molecule has 0 unspecified atom stereocenters. The van der Waals surface area contributed by atoms with Gasteiger partial charge in [0.25, 0.3) is 5.91 Å². The number of hydrogen-bond acceptors (Lipinski definition) is 7. The number of carbonyl (C=O) groups is 1. The number of amides is 1. The second kappa shape index (κ2) is 6.65. The van der Waals surface area contributed by atoms with E-state index in [0.29, 0.717) is 37.5 Å². The first-order chi connectivity index (χ1) is 13.9. The normalized spacial score (nSPS) is 31.4. The summed E-state index contributed by atoms with van der Waals surface area (Å²) in [5.74, 6) is 1.60. The van der Waals surface area contributed by atoms with Gasteiger partial charge in [0.1, 0.15) is 17.1 Å². The minimum Gasteiger partial charge on any atom is -0.466 e. The number of morpholine rings is 1. The summed E-state index contributed by atoms with van der Waals surface area (Å²) >= 11 is 0. The van der Waals surface area contributed by atoms with Crippen LogP contribution in [0.5, 0.6) is 0 Å². The average molecular weight is 401 g/mol. The second-order valence-electron chi connectivity index (χ2n) is 8.74. The van der Waals surface area contributed by atoms with Crippen molar-refractivity contribution in [3.63, 3.8) is 0 Å². The number of fused-ring (bicyclic) bond motifs is 1. The van der Waals surface area contributed by atoms with Crippen molar-refractivity contribution in [3.05, 3.63) is 35.0 Å². The maximum atomic E-state index is 13.2. The summed E-state index contributed by atoms with van der Waals surface area (Å²) < 4.78 is 13.7. The third-order valence-electron chi connectivity index (χ3n) is 6.67. The topological polar surface area (TPSA) is 96.9 Å². The lowest BCUT2D eigenvalue weighted by Crippen LogP contribution is -2.55. The fourth-order valence-electron chi connectivity index (χ4n) is 5.52. The highest BCUT2D eigenvalue weighted by molar-refractivity contribution is 5.95. The van der Waals surface area contributed by atoms with Gasteiger partial charge in [0.05, 0.1) is 23.9 Å². The van der Waals surface area contributed by atoms with Crippen molar-refractivity contribution in [2.24, 2.45) is 18.9 Å². The van der Waals surface area contributed by atoms with Crippen LogP contribution >= 0.6 is 0 Å². The average Bonchev–Trinajstić information content (AvgIpc) is 3.36. The molecule has 0 saturated carbocycles. The Bertz CT molecular complexity index is 939. The highest BCUT2D eigenvalue weighted by Gasteiger charge is 2.62. The van der Waals surface area contributed by atoms with Gasteiger partial charge in [-0.15, -0.1) is 5.10 Å². The first-order valence-electron chi connectivity index (χ1n) is 10.1. The molecule has 2 bridgehead atoms. The number of likely N-dealkylation sites (tertiary alicyclic amines) is 2. The lowest BCUT2D eigenvalue weighted by Gasteiger charge is -2.40. The van der Waals surface area contributed by atoms with E-state index in [2.05, 4.69) is 15.2 Å². The Hall–Kier alpha value is -2.23. The molecule has 1 N–H and O–H groups in total. The molecular formula is C20H27N5O4. The van der Waals surface area contributed by atoms with E-state index in [0.717, 1.165) is 18.0 Å². The number of aliphatic hydroxyl groups is 1. The molecule has 0 aliphatic carbocycles. The number of furan rings is 1. The van der Waals surface area contributed by atoms with Crippen LogP contribution in [0.25, 0.3) is 0 Å². The fourth-order valence-corrected chi connectivity index (χ4v) is 5.52. The molecule has 9 nitrogen and oxygen atoms in total. The number of aromatic nitrogens is 3. The van der Waals surface area contributed by atoms with E-state index in [1.165, 1.54) is 0 Å². The number of ether oxygens (including phenoxy) is 1. The molecule has 1 spiro atoms. The van der Waals surface area contributed by atoms with Gasteiger partial charge >= 0.3 is 0 Å². The maximum Gasteiger partial charge on any atom is 0.257 e. The van der Waals surface area contributed by atoms with Gasteiger partial charge in [-0.25, -0.2) is 0 Å². The van der Waals surface area contributed by atoms with Crippen molar-refractivity contribution in [3.8, 4) is 0 Å². The van der Waals surface area contributed by atoms with Crippen molar-refractivity contribution in [2.75, 3.05) is 32.8 Å². The van der Waals surface area contributed by atoms with E-state index in [-0.39, 0.29) is 30.5 Å². The number of hydrogen-bond donors (Lipinski definition) is 1. The monoisotopic (exact) mass is 401 g/mol. The van der Waals surface area contributed by atoms with E-state index in [1.54, 1.807) is 4.68 Å². The molecule has 3 saturated heterocycles. The van der Waals surface area contributed by atoms with Gasteiger partial charge in [0, 0.05) is 57.9 Å². The number of rotatable bonds is 4. The summed E-state index contributed by atoms with van der Waals surface area (Å²) in [4.78, 5) is 17.4. The summed E-state index contributed by atoms with van der Waals surface area (Å²) in [6.45, 7) is 7.02. The van der Waals surface area contributed by atoms with Gasteiger partial charge in [-0.2, -0.15) is 0 Å². The van der Waals surface area contributed by atoms with Gasteiger partial charge in [0.15, 0.2) is 0 Å². The van der Waals surface area contributed by atoms with Gasteiger partial charge < -0.3 is 19.2 Å². The van der Waals surface area contributed by atoms with Gasteiger partial charge in [0.2, 0.25) is 0 Å². The van der Waals surface area contributed by atoms with Gasteiger partial charge in [-0.05, 0) is 19.9 Å². The molecule has 3 aliphatic rings. The maximum absolute atomic E-state index is 13.2. The summed E-state index contributed by atoms with van der Waals surface area (Å²) in [5.41, 5.74) is 1.09. The minimum atomic E-state index is -0.444. The number of nitrogens with zero attached hydrogens (tertiary/aromatic N) is 5. The summed E-state index contributed by atoms with van der Waals surface area (Å²) in [7, 11) is 1.85. The Morgan fingerprint density at radius 3 is 2.83 bits per heavy atom. The Kier molecular flexibility index (Phi) is 4.30. The van der Waals surface area contributed by atoms with Crippen molar-refractivity contribution in [1.82, 2.24) is 24.8 Å². The highest BCUT2D eigenvalue weighted by atomic mass is 16.5. The fraction of sp³-hybridized carbons (Fsp3) is 0.650. The Labute approximate surface area is 169 Å². The predicted octanol–water partition coefficient (Wildman–Crippen LogP) is 0.359. The van der Waals surface area contributed by atoms with Crippen molar-refractivity contribution < 1.29 is 19.1 Å². The smallest absolute Gasteiger partial charge is 0.257 e. The molecule has 0 aromatic carbocycles. The van der Waals surface area contributed by atoms with E-state index < -0.39 is 5.60 Å². The van der Waals surface area contributed by atoms with Crippen LogP contribution in [-0.2, 0) is 18.3 Å². The Morgan fingerprint density at radius 2 is 2.17 bits per heavy atom. The molecule has 2 aromatic rings. The molecule has 9 heteroatoms. The zero-order valence-corrected chi connectivity index (χ0v) is 17.0. The van der Waals surface area contributed by atoms with Crippen LogP contribution in [-0.4, -0.2) is 80.3 Å². The molecule has 0 radical (unpaired) electrons. The molecule has 3 aliphatic heterocycles. The van der Waals surface area contributed by atoms with Crippen molar-refractivity contribution >= 4 is 5.91 Å². The Morgan fingerprint density at radius 1 is 1.34 bits per heavy atom. The van der Waals surface area contributed by atoms with Crippen LogP contribution in [0.4, 0.5) is 0 Å². The van der Waals surface area contributed by atoms with E-state index in [9.17, 15) is 9.90 Å². The van der Waals surface area contributed by atoms with E-state index >= 15 is 0 Å². The van der Waals surface area contributed by atoms with Crippen LogP contribution in [0.1, 0.15) is 27.6 Å². The standard InChI is InChI=1S/C20H27N5O4/c1-12-4-15(13(2)28-12)19(27)25-8-18-16(9-26)17-7-24(10-20(17,11-25)29-18)6-14-5-23(3)22-21-14/h4-5,16-18,26H,6-11H2,1-3H3/t16-,17+,18+,20-/m0/s1. The molecule has 29 heavy (non-hydrogen) atoms. The summed E-state index contributed by atoms with van der Waals surface area (Å²) in [6, 6.07) is 1.81. The molecule has 4 atom stereocenters. The Balaban J connectivity index is 1.38. The van der Waals surface area contributed by atoms with Crippen LogP contribution in [0.2, 0.25) is 0 Å². The van der Waals surface area contributed by atoms with E-state index in [1.807, 2.05) is 38.1 Å². The molecule has 156 valence electrons.